The summed E-state index contributed by atoms with van der Waals surface area (Å²) in [5.74, 6) is -0.730. The summed E-state index contributed by atoms with van der Waals surface area (Å²) >= 11 is 6.02. The van der Waals surface area contributed by atoms with Crippen LogP contribution in [0, 0.1) is 0 Å². The second-order valence-electron chi connectivity index (χ2n) is 5.10. The van der Waals surface area contributed by atoms with Crippen molar-refractivity contribution in [2.24, 2.45) is 0 Å². The number of nitrogens with zero attached hydrogens (tertiary/aromatic N) is 1. The molecule has 0 aromatic heterocycles. The van der Waals surface area contributed by atoms with Crippen LogP contribution in [-0.2, 0) is 4.79 Å². The fourth-order valence-corrected chi connectivity index (χ4v) is 2.22. The van der Waals surface area contributed by atoms with Crippen molar-refractivity contribution in [3.8, 4) is 16.9 Å². The molecule has 0 unspecified atom stereocenters. The molecule has 1 N–H and O–H groups in total. The minimum absolute atomic E-state index is 0.0926. The van der Waals surface area contributed by atoms with Gasteiger partial charge in [0.1, 0.15) is 5.75 Å². The lowest BCUT2D eigenvalue weighted by molar-refractivity contribution is -0.139. The van der Waals surface area contributed by atoms with Crippen LogP contribution >= 0.6 is 11.6 Å². The second-order valence-corrected chi connectivity index (χ2v) is 5.54. The van der Waals surface area contributed by atoms with Crippen LogP contribution in [0.3, 0.4) is 0 Å². The maximum atomic E-state index is 11.9. The van der Waals surface area contributed by atoms with Crippen molar-refractivity contribution >= 4 is 23.5 Å². The van der Waals surface area contributed by atoms with E-state index in [1.807, 2.05) is 0 Å². The van der Waals surface area contributed by atoms with Crippen LogP contribution in [0.4, 0.5) is 0 Å². The smallest absolute Gasteiger partial charge is 0.341 e. The Morgan fingerprint density at radius 2 is 1.78 bits per heavy atom. The summed E-state index contributed by atoms with van der Waals surface area (Å²) in [6.45, 7) is -0.439. The van der Waals surface area contributed by atoms with E-state index in [0.29, 0.717) is 21.9 Å². The van der Waals surface area contributed by atoms with Crippen LogP contribution in [-0.4, -0.2) is 42.6 Å². The lowest BCUT2D eigenvalue weighted by Gasteiger charge is -2.13. The van der Waals surface area contributed by atoms with E-state index in [-0.39, 0.29) is 5.91 Å². The quantitative estimate of drug-likeness (QED) is 0.912. The van der Waals surface area contributed by atoms with Crippen LogP contribution in [0.5, 0.6) is 5.75 Å². The fourth-order valence-electron chi connectivity index (χ4n) is 2.04. The number of amides is 1. The normalized spacial score (nSPS) is 10.2. The molecule has 0 saturated carbocycles. The molecular formula is C17H16ClNO4. The van der Waals surface area contributed by atoms with Gasteiger partial charge in [0.05, 0.1) is 0 Å². The Kier molecular flexibility index (Phi) is 5.24. The van der Waals surface area contributed by atoms with E-state index in [0.717, 1.165) is 5.56 Å². The van der Waals surface area contributed by atoms with Gasteiger partial charge in [-0.25, -0.2) is 4.79 Å². The van der Waals surface area contributed by atoms with Crippen molar-refractivity contribution in [3.63, 3.8) is 0 Å². The number of ether oxygens (including phenoxy) is 1. The highest BCUT2D eigenvalue weighted by atomic mass is 35.5. The van der Waals surface area contributed by atoms with Crippen molar-refractivity contribution in [3.05, 3.63) is 53.1 Å². The minimum Gasteiger partial charge on any atom is -0.481 e. The molecule has 0 fully saturated rings. The molecule has 0 atom stereocenters. The first kappa shape index (κ1) is 16.8. The molecule has 0 spiro atoms. The van der Waals surface area contributed by atoms with E-state index in [2.05, 4.69) is 0 Å². The molecule has 0 bridgehead atoms. The summed E-state index contributed by atoms with van der Waals surface area (Å²) in [7, 11) is 3.37. The average Bonchev–Trinajstić information content (AvgIpc) is 2.53. The van der Waals surface area contributed by atoms with Crippen molar-refractivity contribution in [1.82, 2.24) is 4.90 Å². The standard InChI is InChI=1S/C17H16ClNO4/c1-19(2)17(22)12-5-3-11(4-6-12)14-9-13(18)7-8-15(14)23-10-16(20)21/h3-9H,10H2,1-2H3,(H,20,21). The molecule has 0 saturated heterocycles. The summed E-state index contributed by atoms with van der Waals surface area (Å²) in [5.41, 5.74) is 2.01. The van der Waals surface area contributed by atoms with Gasteiger partial charge >= 0.3 is 5.97 Å². The van der Waals surface area contributed by atoms with E-state index in [1.165, 1.54) is 4.90 Å². The molecule has 0 aliphatic heterocycles. The maximum absolute atomic E-state index is 11.9. The summed E-state index contributed by atoms with van der Waals surface area (Å²) in [5, 5.41) is 9.26. The molecular weight excluding hydrogens is 318 g/mol. The van der Waals surface area contributed by atoms with Gasteiger partial charge in [0, 0.05) is 30.2 Å². The van der Waals surface area contributed by atoms with Gasteiger partial charge in [0.2, 0.25) is 0 Å². The van der Waals surface area contributed by atoms with Gasteiger partial charge in [-0.3, -0.25) is 4.79 Å². The molecule has 0 aliphatic rings. The number of halogens is 1. The zero-order valence-corrected chi connectivity index (χ0v) is 13.5. The highest BCUT2D eigenvalue weighted by Crippen LogP contribution is 2.33. The van der Waals surface area contributed by atoms with Gasteiger partial charge in [-0.15, -0.1) is 0 Å². The summed E-state index contributed by atoms with van der Waals surface area (Å²) in [6.07, 6.45) is 0. The molecule has 1 amide bonds. The van der Waals surface area contributed by atoms with E-state index in [1.54, 1.807) is 56.6 Å². The van der Waals surface area contributed by atoms with Gasteiger partial charge in [-0.2, -0.15) is 0 Å². The topological polar surface area (TPSA) is 66.8 Å². The van der Waals surface area contributed by atoms with Crippen LogP contribution in [0.25, 0.3) is 11.1 Å². The number of aliphatic carboxylic acids is 1. The van der Waals surface area contributed by atoms with E-state index in [4.69, 9.17) is 21.4 Å². The Bertz CT molecular complexity index is 726. The number of hydrogen-bond acceptors (Lipinski definition) is 3. The molecule has 6 heteroatoms. The van der Waals surface area contributed by atoms with Gasteiger partial charge < -0.3 is 14.7 Å². The number of carboxylic acids is 1. The number of hydrogen-bond donors (Lipinski definition) is 1. The van der Waals surface area contributed by atoms with Crippen LogP contribution in [0.15, 0.2) is 42.5 Å². The zero-order chi connectivity index (χ0) is 17.0. The zero-order valence-electron chi connectivity index (χ0n) is 12.7. The van der Waals surface area contributed by atoms with E-state index < -0.39 is 12.6 Å². The maximum Gasteiger partial charge on any atom is 0.341 e. The Balaban J connectivity index is 2.35. The SMILES string of the molecule is CN(C)C(=O)c1ccc(-c2cc(Cl)ccc2OCC(=O)O)cc1. The Morgan fingerprint density at radius 3 is 2.35 bits per heavy atom. The molecule has 2 aromatic carbocycles. The number of carbonyl (C=O) groups is 2. The molecule has 2 rings (SSSR count). The molecule has 120 valence electrons. The first-order chi connectivity index (χ1) is 10.9. The average molecular weight is 334 g/mol. The lowest BCUT2D eigenvalue weighted by Crippen LogP contribution is -2.21. The third-order valence-electron chi connectivity index (χ3n) is 3.14. The van der Waals surface area contributed by atoms with Gasteiger partial charge in [-0.1, -0.05) is 23.7 Å². The van der Waals surface area contributed by atoms with Gasteiger partial charge in [0.25, 0.3) is 5.91 Å². The molecule has 0 aliphatic carbocycles. The second kappa shape index (κ2) is 7.15. The third kappa shape index (κ3) is 4.23. The van der Waals surface area contributed by atoms with Crippen LogP contribution in [0.1, 0.15) is 10.4 Å². The molecule has 0 radical (unpaired) electrons. The molecule has 0 heterocycles. The van der Waals surface area contributed by atoms with Crippen LogP contribution < -0.4 is 4.74 Å². The summed E-state index contributed by atoms with van der Waals surface area (Å²) in [6, 6.07) is 11.9. The van der Waals surface area contributed by atoms with Crippen molar-refractivity contribution in [1.29, 1.82) is 0 Å². The highest BCUT2D eigenvalue weighted by molar-refractivity contribution is 6.31. The molecule has 5 nitrogen and oxygen atoms in total. The Morgan fingerprint density at radius 1 is 1.13 bits per heavy atom. The number of carbonyl (C=O) groups excluding carboxylic acids is 1. The fraction of sp³-hybridized carbons (Fsp3) is 0.176. The largest absolute Gasteiger partial charge is 0.481 e. The predicted octanol–water partition coefficient (Wildman–Crippen LogP) is 3.17. The number of carboxylic acid groups (broad SMARTS) is 1. The van der Waals surface area contributed by atoms with Gasteiger partial charge in [-0.05, 0) is 35.9 Å². The summed E-state index contributed by atoms with van der Waals surface area (Å²) in [4.78, 5) is 24.1. The van der Waals surface area contributed by atoms with E-state index in [9.17, 15) is 9.59 Å². The predicted molar refractivity (Wildman–Crippen MR) is 88.0 cm³/mol. The number of benzene rings is 2. The highest BCUT2D eigenvalue weighted by Gasteiger charge is 2.11. The van der Waals surface area contributed by atoms with Crippen LogP contribution in [0.2, 0.25) is 5.02 Å². The van der Waals surface area contributed by atoms with E-state index >= 15 is 0 Å². The molecule has 2 aromatic rings. The van der Waals surface area contributed by atoms with Gasteiger partial charge in [0.15, 0.2) is 6.61 Å². The minimum atomic E-state index is -1.06. The molecule has 23 heavy (non-hydrogen) atoms. The first-order valence-corrected chi connectivity index (χ1v) is 7.22. The van der Waals surface area contributed by atoms with Crippen molar-refractivity contribution in [2.45, 2.75) is 0 Å². The Hall–Kier alpha value is -2.53. The monoisotopic (exact) mass is 333 g/mol. The van der Waals surface area contributed by atoms with Crippen molar-refractivity contribution < 1.29 is 19.4 Å². The van der Waals surface area contributed by atoms with Crippen molar-refractivity contribution in [2.75, 3.05) is 20.7 Å². The lowest BCUT2D eigenvalue weighted by atomic mass is 10.0. The third-order valence-corrected chi connectivity index (χ3v) is 3.38. The first-order valence-electron chi connectivity index (χ1n) is 6.84. The summed E-state index contributed by atoms with van der Waals surface area (Å²) < 4.78 is 5.29. The number of rotatable bonds is 5. The Labute approximate surface area is 139 Å².